The maximum Gasteiger partial charge on any atom is 0.306 e. The Morgan fingerprint density at radius 3 is 2.50 bits per heavy atom. The summed E-state index contributed by atoms with van der Waals surface area (Å²) in [6, 6.07) is 0. The van der Waals surface area contributed by atoms with Crippen molar-refractivity contribution in [1.82, 2.24) is 0 Å². The highest BCUT2D eigenvalue weighted by molar-refractivity contribution is 5.69. The van der Waals surface area contributed by atoms with Gasteiger partial charge in [0.2, 0.25) is 0 Å². The van der Waals surface area contributed by atoms with Crippen molar-refractivity contribution in [2.75, 3.05) is 0 Å². The third-order valence-corrected chi connectivity index (χ3v) is 13.0. The smallest absolute Gasteiger partial charge is 0.306 e. The first kappa shape index (κ1) is 31.9. The highest BCUT2D eigenvalue weighted by atomic mass is 16.5. The van der Waals surface area contributed by atoms with Crippen molar-refractivity contribution >= 4 is 5.97 Å². The van der Waals surface area contributed by atoms with Gasteiger partial charge in [-0.2, -0.15) is 0 Å². The molecule has 4 rings (SSSR count). The van der Waals surface area contributed by atoms with Crippen molar-refractivity contribution in [1.29, 1.82) is 0 Å². The van der Waals surface area contributed by atoms with Gasteiger partial charge in [0.15, 0.2) is 0 Å². The minimum absolute atomic E-state index is 0.0303. The highest BCUT2D eigenvalue weighted by Crippen LogP contribution is 2.67. The van der Waals surface area contributed by atoms with Gasteiger partial charge in [0, 0.05) is 12.8 Å². The molecule has 228 valence electrons. The zero-order valence-electron chi connectivity index (χ0n) is 27.5. The Bertz CT molecular complexity index is 884. The zero-order valence-corrected chi connectivity index (χ0v) is 27.5. The van der Waals surface area contributed by atoms with Crippen LogP contribution in [-0.4, -0.2) is 12.1 Å². The van der Waals surface area contributed by atoms with E-state index in [-0.39, 0.29) is 12.1 Å². The van der Waals surface area contributed by atoms with Crippen molar-refractivity contribution < 1.29 is 9.53 Å². The van der Waals surface area contributed by atoms with Gasteiger partial charge in [-0.05, 0) is 123 Å². The number of carbonyl (C=O) groups excluding carboxylic acids is 1. The average Bonchev–Trinajstić information content (AvgIpc) is 3.28. The molecular weight excluding hydrogens is 488 g/mol. The van der Waals surface area contributed by atoms with E-state index in [9.17, 15) is 4.79 Å². The highest BCUT2D eigenvalue weighted by Gasteiger charge is 2.59. The van der Waals surface area contributed by atoms with Crippen LogP contribution in [0, 0.1) is 52.3 Å². The van der Waals surface area contributed by atoms with Crippen LogP contribution in [0.25, 0.3) is 0 Å². The van der Waals surface area contributed by atoms with E-state index in [1.807, 2.05) is 0 Å². The largest absolute Gasteiger partial charge is 0.462 e. The van der Waals surface area contributed by atoms with Gasteiger partial charge in [-0.1, -0.05) is 91.5 Å². The Kier molecular flexibility index (Phi) is 11.1. The van der Waals surface area contributed by atoms with Crippen molar-refractivity contribution in [2.24, 2.45) is 52.3 Å². The molecule has 0 aromatic rings. The molecule has 0 bridgehead atoms. The molecule has 0 aliphatic heterocycles. The van der Waals surface area contributed by atoms with Crippen LogP contribution in [0.3, 0.4) is 0 Å². The SMILES string of the molecule is CCC/C=C\CCCCC(=O)OC1CCC2(C)C(=CCC3C2CCC2(C)C(C(C)CCC(C)C(C)C)CCC32)C1. The lowest BCUT2D eigenvalue weighted by Gasteiger charge is -2.58. The lowest BCUT2D eigenvalue weighted by atomic mass is 9.47. The molecule has 2 nitrogen and oxygen atoms in total. The van der Waals surface area contributed by atoms with Gasteiger partial charge in [0.1, 0.15) is 6.10 Å². The number of carbonyl (C=O) groups is 1. The third kappa shape index (κ3) is 6.94. The normalized spacial score (nSPS) is 37.0. The summed E-state index contributed by atoms with van der Waals surface area (Å²) in [5.41, 5.74) is 2.50. The van der Waals surface area contributed by atoms with E-state index < -0.39 is 0 Å². The van der Waals surface area contributed by atoms with Gasteiger partial charge in [0.25, 0.3) is 0 Å². The Labute approximate surface area is 248 Å². The Balaban J connectivity index is 1.30. The number of rotatable bonds is 13. The lowest BCUT2D eigenvalue weighted by molar-refractivity contribution is -0.151. The second kappa shape index (κ2) is 13.9. The molecule has 9 atom stereocenters. The first-order valence-electron chi connectivity index (χ1n) is 17.6. The summed E-state index contributed by atoms with van der Waals surface area (Å²) >= 11 is 0. The molecule has 0 aromatic heterocycles. The predicted octanol–water partition coefficient (Wildman–Crippen LogP) is 11.1. The number of unbranched alkanes of at least 4 members (excludes halogenated alkanes) is 3. The second-order valence-electron chi connectivity index (χ2n) is 15.6. The monoisotopic (exact) mass is 552 g/mol. The van der Waals surface area contributed by atoms with E-state index in [2.05, 4.69) is 66.7 Å². The predicted molar refractivity (Wildman–Crippen MR) is 170 cm³/mol. The summed E-state index contributed by atoms with van der Waals surface area (Å²) in [7, 11) is 0. The maximum absolute atomic E-state index is 12.6. The number of esters is 1. The molecule has 0 N–H and O–H groups in total. The summed E-state index contributed by atoms with van der Waals surface area (Å²) in [6.07, 6.45) is 26.4. The number of hydrogen-bond donors (Lipinski definition) is 0. The second-order valence-corrected chi connectivity index (χ2v) is 15.6. The van der Waals surface area contributed by atoms with Gasteiger partial charge >= 0.3 is 5.97 Å². The summed E-state index contributed by atoms with van der Waals surface area (Å²) < 4.78 is 6.05. The first-order chi connectivity index (χ1) is 19.1. The number of fused-ring (bicyclic) bond motifs is 5. The number of ether oxygens (including phenoxy) is 1. The van der Waals surface area contributed by atoms with Gasteiger partial charge in [-0.25, -0.2) is 0 Å². The van der Waals surface area contributed by atoms with E-state index in [0.29, 0.717) is 17.3 Å². The van der Waals surface area contributed by atoms with Crippen LogP contribution in [0.2, 0.25) is 0 Å². The Hall–Kier alpha value is -1.05. The number of allylic oxidation sites excluding steroid dienone is 3. The fourth-order valence-corrected chi connectivity index (χ4v) is 9.94. The van der Waals surface area contributed by atoms with Crippen molar-refractivity contribution in [3.8, 4) is 0 Å². The average molecular weight is 553 g/mol. The Morgan fingerprint density at radius 1 is 0.975 bits per heavy atom. The molecule has 2 heteroatoms. The molecule has 0 spiro atoms. The van der Waals surface area contributed by atoms with E-state index in [1.165, 1.54) is 57.8 Å². The quantitative estimate of drug-likeness (QED) is 0.129. The van der Waals surface area contributed by atoms with E-state index in [1.54, 1.807) is 5.57 Å². The van der Waals surface area contributed by atoms with Gasteiger partial charge in [-0.3, -0.25) is 4.79 Å². The summed E-state index contributed by atoms with van der Waals surface area (Å²) in [4.78, 5) is 12.6. The van der Waals surface area contributed by atoms with Crippen molar-refractivity contribution in [3.63, 3.8) is 0 Å². The van der Waals surface area contributed by atoms with Crippen molar-refractivity contribution in [3.05, 3.63) is 23.8 Å². The first-order valence-corrected chi connectivity index (χ1v) is 17.6. The molecule has 0 saturated heterocycles. The fourth-order valence-electron chi connectivity index (χ4n) is 9.94. The van der Waals surface area contributed by atoms with Crippen LogP contribution in [0.4, 0.5) is 0 Å². The van der Waals surface area contributed by atoms with E-state index >= 15 is 0 Å². The molecule has 0 radical (unpaired) electrons. The lowest BCUT2D eigenvalue weighted by Crippen LogP contribution is -2.51. The van der Waals surface area contributed by atoms with E-state index in [4.69, 9.17) is 4.74 Å². The van der Waals surface area contributed by atoms with Crippen LogP contribution in [0.5, 0.6) is 0 Å². The molecule has 4 aliphatic carbocycles. The molecule has 3 fully saturated rings. The minimum Gasteiger partial charge on any atom is -0.462 e. The zero-order chi connectivity index (χ0) is 28.9. The molecule has 4 aliphatic rings. The third-order valence-electron chi connectivity index (χ3n) is 13.0. The van der Waals surface area contributed by atoms with Gasteiger partial charge < -0.3 is 4.74 Å². The molecule has 0 aromatic carbocycles. The molecule has 40 heavy (non-hydrogen) atoms. The summed E-state index contributed by atoms with van der Waals surface area (Å²) in [5.74, 6) is 6.06. The fraction of sp³-hybridized carbons (Fsp3) is 0.868. The van der Waals surface area contributed by atoms with E-state index in [0.717, 1.165) is 80.0 Å². The van der Waals surface area contributed by atoms with Gasteiger partial charge in [-0.15, -0.1) is 0 Å². The standard InChI is InChI=1S/C38H64O2/c1-8-9-10-11-12-13-14-15-36(39)40-31-22-24-37(6)30(26-31)18-19-32-34-21-20-33(38(34,7)25-23-35(32)37)29(5)17-16-28(4)27(2)3/h10-11,18,27-29,31-35H,8-9,12-17,19-26H2,1-7H3/b11-10-. The number of hydrogen-bond acceptors (Lipinski definition) is 2. The topological polar surface area (TPSA) is 26.3 Å². The summed E-state index contributed by atoms with van der Waals surface area (Å²) in [6.45, 7) is 17.3. The summed E-state index contributed by atoms with van der Waals surface area (Å²) in [5, 5.41) is 0. The molecular formula is C38H64O2. The van der Waals surface area contributed by atoms with Gasteiger partial charge in [0.05, 0.1) is 0 Å². The molecule has 9 unspecified atom stereocenters. The van der Waals surface area contributed by atoms with Crippen LogP contribution >= 0.6 is 0 Å². The van der Waals surface area contributed by atoms with Crippen molar-refractivity contribution in [2.45, 2.75) is 157 Å². The maximum atomic E-state index is 12.6. The minimum atomic E-state index is 0.0303. The van der Waals surface area contributed by atoms with Crippen LogP contribution < -0.4 is 0 Å². The van der Waals surface area contributed by atoms with Crippen LogP contribution in [-0.2, 0) is 9.53 Å². The van der Waals surface area contributed by atoms with Crippen LogP contribution in [0.1, 0.15) is 151 Å². The molecule has 0 heterocycles. The molecule has 3 saturated carbocycles. The molecule has 0 amide bonds. The Morgan fingerprint density at radius 2 is 1.75 bits per heavy atom. The van der Waals surface area contributed by atoms with Crippen LogP contribution in [0.15, 0.2) is 23.8 Å².